The Morgan fingerprint density at radius 1 is 1.38 bits per heavy atom. The summed E-state index contributed by atoms with van der Waals surface area (Å²) in [5, 5.41) is 6.83. The van der Waals surface area contributed by atoms with Crippen LogP contribution in [-0.2, 0) is 9.59 Å². The highest BCUT2D eigenvalue weighted by Crippen LogP contribution is 2.28. The highest BCUT2D eigenvalue weighted by Gasteiger charge is 2.20. The van der Waals surface area contributed by atoms with Crippen LogP contribution in [0, 0.1) is 6.92 Å². The first-order valence-corrected chi connectivity index (χ1v) is 8.14. The molecule has 2 aromatic rings. The Bertz CT molecular complexity index is 764. The molecule has 0 bridgehead atoms. The molecule has 0 aliphatic rings. The molecule has 1 aromatic carbocycles. The lowest BCUT2D eigenvalue weighted by molar-refractivity contribution is -0.125. The van der Waals surface area contributed by atoms with Gasteiger partial charge in [-0.25, -0.2) is 0 Å². The van der Waals surface area contributed by atoms with Crippen LogP contribution in [0.5, 0.6) is 0 Å². The van der Waals surface area contributed by atoms with Crippen LogP contribution in [0.2, 0.25) is 5.02 Å². The Kier molecular flexibility index (Phi) is 6.11. The third kappa shape index (κ3) is 4.43. The van der Waals surface area contributed by atoms with Crippen molar-refractivity contribution >= 4 is 40.0 Å². The van der Waals surface area contributed by atoms with Gasteiger partial charge in [0.05, 0.1) is 16.2 Å². The topological polar surface area (TPSA) is 97.1 Å². The third-order valence-electron chi connectivity index (χ3n) is 3.57. The van der Waals surface area contributed by atoms with Crippen molar-refractivity contribution in [3.05, 3.63) is 35.0 Å². The molecule has 0 saturated carbocycles. The molecule has 6 nitrogen and oxygen atoms in total. The first kappa shape index (κ1) is 18.2. The Hall–Kier alpha value is -2.18. The average Bonchev–Trinajstić information content (AvgIpc) is 2.51. The van der Waals surface area contributed by atoms with Gasteiger partial charge in [0.2, 0.25) is 11.8 Å². The van der Waals surface area contributed by atoms with E-state index in [-0.39, 0.29) is 11.8 Å². The number of pyridine rings is 1. The Morgan fingerprint density at radius 3 is 2.79 bits per heavy atom. The third-order valence-corrected chi connectivity index (χ3v) is 3.88. The van der Waals surface area contributed by atoms with E-state index >= 15 is 0 Å². The molecular weight excluding hydrogens is 328 g/mol. The maximum Gasteiger partial charge on any atom is 0.247 e. The number of nitrogens with zero attached hydrogens (tertiary/aromatic N) is 1. The van der Waals surface area contributed by atoms with Crippen molar-refractivity contribution in [3.8, 4) is 0 Å². The highest BCUT2D eigenvalue weighted by molar-refractivity contribution is 6.35. The van der Waals surface area contributed by atoms with Crippen LogP contribution >= 0.6 is 11.6 Å². The molecule has 24 heavy (non-hydrogen) atoms. The Labute approximate surface area is 145 Å². The van der Waals surface area contributed by atoms with Gasteiger partial charge in [-0.05, 0) is 38.4 Å². The van der Waals surface area contributed by atoms with E-state index in [4.69, 9.17) is 17.3 Å². The number of hydrogen-bond donors (Lipinski definition) is 3. The first-order chi connectivity index (χ1) is 11.4. The van der Waals surface area contributed by atoms with Gasteiger partial charge in [-0.15, -0.1) is 0 Å². The fourth-order valence-corrected chi connectivity index (χ4v) is 2.79. The summed E-state index contributed by atoms with van der Waals surface area (Å²) in [4.78, 5) is 28.3. The van der Waals surface area contributed by atoms with Gasteiger partial charge in [0.1, 0.15) is 6.04 Å². The maximum absolute atomic E-state index is 12.5. The van der Waals surface area contributed by atoms with Gasteiger partial charge in [-0.1, -0.05) is 23.7 Å². The standard InChI is InChI=1S/C17H21ClN4O2/c1-10-9-13(18)12-5-3-6-14(16(12)20-10)22-17(24)15(7-4-8-19)21-11(2)23/h3,5-6,9,15H,4,7-8,19H2,1-2H3,(H,21,23)(H,22,24)/t15-/m0/s1. The second-order valence-electron chi connectivity index (χ2n) is 5.62. The number of benzene rings is 1. The smallest absolute Gasteiger partial charge is 0.247 e. The van der Waals surface area contributed by atoms with Crippen LogP contribution in [0.1, 0.15) is 25.5 Å². The zero-order valence-electron chi connectivity index (χ0n) is 13.7. The average molecular weight is 349 g/mol. The van der Waals surface area contributed by atoms with E-state index in [1.807, 2.05) is 13.0 Å². The minimum absolute atomic E-state index is 0.262. The molecule has 2 rings (SSSR count). The number of rotatable bonds is 6. The molecule has 4 N–H and O–H groups in total. The fourth-order valence-electron chi connectivity index (χ4n) is 2.48. The molecule has 0 saturated heterocycles. The second kappa shape index (κ2) is 8.08. The number of nitrogens with two attached hydrogens (primary N) is 1. The van der Waals surface area contributed by atoms with Gasteiger partial charge >= 0.3 is 0 Å². The van der Waals surface area contributed by atoms with Gasteiger partial charge < -0.3 is 16.4 Å². The number of fused-ring (bicyclic) bond motifs is 1. The SMILES string of the molecule is CC(=O)N[C@@H](CCCN)C(=O)Nc1cccc2c(Cl)cc(C)nc12. The van der Waals surface area contributed by atoms with Crippen LogP contribution in [0.15, 0.2) is 24.3 Å². The monoisotopic (exact) mass is 348 g/mol. The summed E-state index contributed by atoms with van der Waals surface area (Å²) in [6, 6.07) is 6.54. The largest absolute Gasteiger partial charge is 0.345 e. The van der Waals surface area contributed by atoms with Crippen LogP contribution < -0.4 is 16.4 Å². The van der Waals surface area contributed by atoms with E-state index in [0.29, 0.717) is 35.6 Å². The number of carbonyl (C=O) groups is 2. The molecule has 0 aliphatic carbocycles. The summed E-state index contributed by atoms with van der Waals surface area (Å²) in [6.07, 6.45) is 1.11. The summed E-state index contributed by atoms with van der Waals surface area (Å²) in [6.45, 7) is 3.67. The molecule has 2 amide bonds. The van der Waals surface area contributed by atoms with Gasteiger partial charge in [-0.3, -0.25) is 14.6 Å². The summed E-state index contributed by atoms with van der Waals surface area (Å²) in [5.41, 5.74) is 7.44. The molecule has 1 aromatic heterocycles. The van der Waals surface area contributed by atoms with E-state index in [9.17, 15) is 9.59 Å². The zero-order chi connectivity index (χ0) is 17.7. The molecule has 7 heteroatoms. The van der Waals surface area contributed by atoms with Crippen molar-refractivity contribution in [2.45, 2.75) is 32.7 Å². The van der Waals surface area contributed by atoms with Gasteiger partial charge in [0.15, 0.2) is 0 Å². The van der Waals surface area contributed by atoms with E-state index in [0.717, 1.165) is 11.1 Å². The predicted octanol–water partition coefficient (Wildman–Crippen LogP) is 2.38. The van der Waals surface area contributed by atoms with Crippen LogP contribution in [0.25, 0.3) is 10.9 Å². The van der Waals surface area contributed by atoms with Crippen molar-refractivity contribution in [2.75, 3.05) is 11.9 Å². The van der Waals surface area contributed by atoms with Crippen molar-refractivity contribution in [2.24, 2.45) is 5.73 Å². The van der Waals surface area contributed by atoms with E-state index < -0.39 is 6.04 Å². The number of aromatic nitrogens is 1. The Balaban J connectivity index is 2.30. The quantitative estimate of drug-likeness (QED) is 0.746. The molecular formula is C17H21ClN4O2. The normalized spacial score (nSPS) is 12.0. The maximum atomic E-state index is 12.5. The molecule has 0 aliphatic heterocycles. The minimum Gasteiger partial charge on any atom is -0.345 e. The van der Waals surface area contributed by atoms with Gasteiger partial charge in [0, 0.05) is 18.0 Å². The highest BCUT2D eigenvalue weighted by atomic mass is 35.5. The number of nitrogens with one attached hydrogen (secondary N) is 2. The second-order valence-corrected chi connectivity index (χ2v) is 6.03. The number of aryl methyl sites for hydroxylation is 1. The molecule has 128 valence electrons. The number of anilines is 1. The number of hydrogen-bond acceptors (Lipinski definition) is 4. The van der Waals surface area contributed by atoms with E-state index in [1.165, 1.54) is 6.92 Å². The molecule has 0 fully saturated rings. The molecule has 0 radical (unpaired) electrons. The van der Waals surface area contributed by atoms with Crippen LogP contribution in [0.3, 0.4) is 0 Å². The number of para-hydroxylation sites is 1. The minimum atomic E-state index is -0.637. The molecule has 1 heterocycles. The van der Waals surface area contributed by atoms with Crippen molar-refractivity contribution in [1.29, 1.82) is 0 Å². The summed E-state index contributed by atoms with van der Waals surface area (Å²) in [7, 11) is 0. The zero-order valence-corrected chi connectivity index (χ0v) is 14.5. The van der Waals surface area contributed by atoms with E-state index in [2.05, 4.69) is 15.6 Å². The van der Waals surface area contributed by atoms with Gasteiger partial charge in [-0.2, -0.15) is 0 Å². The lowest BCUT2D eigenvalue weighted by atomic mass is 10.1. The van der Waals surface area contributed by atoms with Crippen molar-refractivity contribution < 1.29 is 9.59 Å². The van der Waals surface area contributed by atoms with Crippen LogP contribution in [-0.4, -0.2) is 29.4 Å². The lowest BCUT2D eigenvalue weighted by Crippen LogP contribution is -2.43. The van der Waals surface area contributed by atoms with Crippen LogP contribution in [0.4, 0.5) is 5.69 Å². The molecule has 1 atom stereocenters. The lowest BCUT2D eigenvalue weighted by Gasteiger charge is -2.18. The fraction of sp³-hybridized carbons (Fsp3) is 0.353. The number of carbonyl (C=O) groups excluding carboxylic acids is 2. The Morgan fingerprint density at radius 2 is 2.12 bits per heavy atom. The van der Waals surface area contributed by atoms with E-state index in [1.54, 1.807) is 18.2 Å². The number of amides is 2. The molecule has 0 spiro atoms. The van der Waals surface area contributed by atoms with Crippen molar-refractivity contribution in [1.82, 2.24) is 10.3 Å². The number of halogens is 1. The summed E-state index contributed by atoms with van der Waals surface area (Å²) in [5.74, 6) is -0.562. The predicted molar refractivity (Wildman–Crippen MR) is 96.0 cm³/mol. The van der Waals surface area contributed by atoms with Gasteiger partial charge in [0.25, 0.3) is 0 Å². The van der Waals surface area contributed by atoms with Crippen molar-refractivity contribution in [3.63, 3.8) is 0 Å². The summed E-state index contributed by atoms with van der Waals surface area (Å²) >= 11 is 6.25. The first-order valence-electron chi connectivity index (χ1n) is 7.76. The summed E-state index contributed by atoms with van der Waals surface area (Å²) < 4.78 is 0. The molecule has 0 unspecified atom stereocenters.